The molecule has 0 fully saturated rings. The summed E-state index contributed by atoms with van der Waals surface area (Å²) in [7, 11) is 0. The molecule has 1 rings (SSSR count). The molecule has 0 saturated carbocycles. The van der Waals surface area contributed by atoms with Crippen LogP contribution in [-0.2, 0) is 9.47 Å². The first-order chi connectivity index (χ1) is 9.51. The summed E-state index contributed by atoms with van der Waals surface area (Å²) in [6.45, 7) is 6.20. The van der Waals surface area contributed by atoms with Crippen LogP contribution in [0.25, 0.3) is 0 Å². The van der Waals surface area contributed by atoms with Crippen molar-refractivity contribution in [3.05, 3.63) is 33.3 Å². The summed E-state index contributed by atoms with van der Waals surface area (Å²) in [5, 5.41) is 0. The molecule has 0 amide bonds. The van der Waals surface area contributed by atoms with E-state index in [9.17, 15) is 9.59 Å². The summed E-state index contributed by atoms with van der Waals surface area (Å²) in [4.78, 5) is 24.0. The van der Waals surface area contributed by atoms with Crippen LogP contribution in [-0.4, -0.2) is 25.2 Å². The monoisotopic (exact) mass is 342 g/mol. The summed E-state index contributed by atoms with van der Waals surface area (Å²) in [5.41, 5.74) is 1.34. The lowest BCUT2D eigenvalue weighted by atomic mass is 10.0. The fourth-order valence-electron chi connectivity index (χ4n) is 1.62. The molecule has 0 aliphatic heterocycles. The third kappa shape index (κ3) is 4.34. The van der Waals surface area contributed by atoms with Crippen LogP contribution in [0.4, 0.5) is 0 Å². The van der Waals surface area contributed by atoms with Crippen molar-refractivity contribution in [3.63, 3.8) is 0 Å². The molecule has 1 aromatic carbocycles. The maximum absolute atomic E-state index is 12.1. The number of rotatable bonds is 6. The lowest BCUT2D eigenvalue weighted by Gasteiger charge is -2.11. The van der Waals surface area contributed by atoms with Crippen molar-refractivity contribution in [2.75, 3.05) is 13.2 Å². The predicted octanol–water partition coefficient (Wildman–Crippen LogP) is 3.89. The van der Waals surface area contributed by atoms with E-state index in [0.717, 1.165) is 22.9 Å². The number of carbonyl (C=O) groups excluding carboxylic acids is 2. The fourth-order valence-corrected chi connectivity index (χ4v) is 1.96. The van der Waals surface area contributed by atoms with Crippen molar-refractivity contribution in [1.29, 1.82) is 0 Å². The number of benzene rings is 1. The molecule has 0 N–H and O–H groups in total. The van der Waals surface area contributed by atoms with E-state index in [1.807, 2.05) is 13.8 Å². The van der Waals surface area contributed by atoms with Crippen LogP contribution in [0.5, 0.6) is 0 Å². The number of esters is 2. The number of halogens is 1. The van der Waals surface area contributed by atoms with E-state index in [-0.39, 0.29) is 17.7 Å². The molecule has 110 valence electrons. The molecule has 0 aliphatic carbocycles. The average Bonchev–Trinajstić information content (AvgIpc) is 2.41. The number of unbranched alkanes of at least 4 members (excludes halogenated alkanes) is 1. The van der Waals surface area contributed by atoms with Crippen molar-refractivity contribution < 1.29 is 19.1 Å². The van der Waals surface area contributed by atoms with Gasteiger partial charge in [0.05, 0.1) is 24.3 Å². The molecule has 0 saturated heterocycles. The minimum atomic E-state index is -0.509. The molecule has 0 aliphatic rings. The van der Waals surface area contributed by atoms with Crippen molar-refractivity contribution in [1.82, 2.24) is 0 Å². The van der Waals surface area contributed by atoms with E-state index in [0.29, 0.717) is 6.61 Å². The van der Waals surface area contributed by atoms with Crippen molar-refractivity contribution in [3.8, 4) is 0 Å². The highest BCUT2D eigenvalue weighted by atomic mass is 79.9. The van der Waals surface area contributed by atoms with Gasteiger partial charge in [0.2, 0.25) is 0 Å². The predicted molar refractivity (Wildman–Crippen MR) is 80.0 cm³/mol. The van der Waals surface area contributed by atoms with Gasteiger partial charge in [0.1, 0.15) is 0 Å². The highest BCUT2D eigenvalue weighted by Crippen LogP contribution is 2.23. The molecular formula is C15H19BrO4. The zero-order valence-corrected chi connectivity index (χ0v) is 13.6. The van der Waals surface area contributed by atoms with Gasteiger partial charge in [-0.05, 0) is 38.0 Å². The Kier molecular flexibility index (Phi) is 6.71. The maximum atomic E-state index is 12.1. The molecule has 0 heterocycles. The van der Waals surface area contributed by atoms with Gasteiger partial charge in [-0.1, -0.05) is 29.3 Å². The quantitative estimate of drug-likeness (QED) is 0.581. The van der Waals surface area contributed by atoms with E-state index >= 15 is 0 Å². The Morgan fingerprint density at radius 3 is 2.30 bits per heavy atom. The van der Waals surface area contributed by atoms with Crippen LogP contribution < -0.4 is 0 Å². The Hall–Kier alpha value is -1.36. The second-order valence-electron chi connectivity index (χ2n) is 4.36. The molecule has 1 aromatic rings. The van der Waals surface area contributed by atoms with Gasteiger partial charge >= 0.3 is 11.9 Å². The number of hydrogen-bond donors (Lipinski definition) is 0. The number of ether oxygens (including phenoxy) is 2. The van der Waals surface area contributed by atoms with Gasteiger partial charge in [0.15, 0.2) is 0 Å². The Balaban J connectivity index is 3.06. The van der Waals surface area contributed by atoms with Gasteiger partial charge in [0.25, 0.3) is 0 Å². The standard InChI is InChI=1S/C15H19BrO4/c1-4-6-7-20-15(18)12-9-13(16)10(3)8-11(12)14(17)19-5-2/h8-9H,4-7H2,1-3H3. The van der Waals surface area contributed by atoms with Gasteiger partial charge < -0.3 is 9.47 Å². The van der Waals surface area contributed by atoms with Crippen molar-refractivity contribution >= 4 is 27.9 Å². The molecule has 0 atom stereocenters. The van der Waals surface area contributed by atoms with Gasteiger partial charge in [0, 0.05) is 4.47 Å². The second kappa shape index (κ2) is 8.04. The molecule has 20 heavy (non-hydrogen) atoms. The Morgan fingerprint density at radius 2 is 1.70 bits per heavy atom. The van der Waals surface area contributed by atoms with Gasteiger partial charge in [-0.3, -0.25) is 0 Å². The van der Waals surface area contributed by atoms with E-state index in [1.165, 1.54) is 0 Å². The molecule has 0 unspecified atom stereocenters. The van der Waals surface area contributed by atoms with Gasteiger partial charge in [-0.15, -0.1) is 0 Å². The zero-order valence-electron chi connectivity index (χ0n) is 12.0. The van der Waals surface area contributed by atoms with E-state index < -0.39 is 11.9 Å². The Morgan fingerprint density at radius 1 is 1.10 bits per heavy atom. The molecule has 0 bridgehead atoms. The van der Waals surface area contributed by atoms with Crippen LogP contribution in [0.2, 0.25) is 0 Å². The van der Waals surface area contributed by atoms with E-state index in [4.69, 9.17) is 9.47 Å². The highest BCUT2D eigenvalue weighted by molar-refractivity contribution is 9.10. The summed E-state index contributed by atoms with van der Waals surface area (Å²) in [5.74, 6) is -1.01. The first-order valence-corrected chi connectivity index (χ1v) is 7.44. The third-order valence-electron chi connectivity index (χ3n) is 2.75. The smallest absolute Gasteiger partial charge is 0.339 e. The highest BCUT2D eigenvalue weighted by Gasteiger charge is 2.20. The fraction of sp³-hybridized carbons (Fsp3) is 0.467. The van der Waals surface area contributed by atoms with Crippen molar-refractivity contribution in [2.24, 2.45) is 0 Å². The molecule has 0 radical (unpaired) electrons. The summed E-state index contributed by atoms with van der Waals surface area (Å²) < 4.78 is 10.9. The van der Waals surface area contributed by atoms with Crippen LogP contribution in [0, 0.1) is 6.92 Å². The number of aryl methyl sites for hydroxylation is 1. The lowest BCUT2D eigenvalue weighted by Crippen LogP contribution is -2.15. The van der Waals surface area contributed by atoms with E-state index in [1.54, 1.807) is 19.1 Å². The first kappa shape index (κ1) is 16.7. The molecular weight excluding hydrogens is 324 g/mol. The first-order valence-electron chi connectivity index (χ1n) is 6.65. The minimum Gasteiger partial charge on any atom is -0.462 e. The SMILES string of the molecule is CCCCOC(=O)c1cc(Br)c(C)cc1C(=O)OCC. The molecule has 4 nitrogen and oxygen atoms in total. The minimum absolute atomic E-state index is 0.233. The normalized spacial score (nSPS) is 10.2. The van der Waals surface area contributed by atoms with Crippen LogP contribution in [0.3, 0.4) is 0 Å². The lowest BCUT2D eigenvalue weighted by molar-refractivity contribution is 0.0463. The van der Waals surface area contributed by atoms with Crippen molar-refractivity contribution in [2.45, 2.75) is 33.6 Å². The topological polar surface area (TPSA) is 52.6 Å². The van der Waals surface area contributed by atoms with Crippen LogP contribution in [0.15, 0.2) is 16.6 Å². The maximum Gasteiger partial charge on any atom is 0.339 e. The largest absolute Gasteiger partial charge is 0.462 e. The summed E-state index contributed by atoms with van der Waals surface area (Å²) >= 11 is 3.36. The number of hydrogen-bond acceptors (Lipinski definition) is 4. The molecule has 5 heteroatoms. The van der Waals surface area contributed by atoms with E-state index in [2.05, 4.69) is 15.9 Å². The zero-order chi connectivity index (χ0) is 15.1. The Bertz CT molecular complexity index is 497. The van der Waals surface area contributed by atoms with Crippen LogP contribution in [0.1, 0.15) is 53.0 Å². The van der Waals surface area contributed by atoms with Gasteiger partial charge in [-0.25, -0.2) is 9.59 Å². The molecule has 0 spiro atoms. The second-order valence-corrected chi connectivity index (χ2v) is 5.21. The number of carbonyl (C=O) groups is 2. The average molecular weight is 343 g/mol. The summed E-state index contributed by atoms with van der Waals surface area (Å²) in [6, 6.07) is 3.24. The molecule has 0 aromatic heterocycles. The summed E-state index contributed by atoms with van der Waals surface area (Å²) in [6.07, 6.45) is 1.74. The Labute approximate surface area is 127 Å². The van der Waals surface area contributed by atoms with Crippen LogP contribution >= 0.6 is 15.9 Å². The third-order valence-corrected chi connectivity index (χ3v) is 3.60. The van der Waals surface area contributed by atoms with Gasteiger partial charge in [-0.2, -0.15) is 0 Å².